The summed E-state index contributed by atoms with van der Waals surface area (Å²) in [7, 11) is 0. The maximum atomic E-state index is 6.18. The van der Waals surface area contributed by atoms with Crippen molar-refractivity contribution in [2.45, 2.75) is 38.1 Å². The number of nitrogens with one attached hydrogen (secondary N) is 1. The highest BCUT2D eigenvalue weighted by atomic mass is 16.3. The van der Waals surface area contributed by atoms with Gasteiger partial charge in [0.15, 0.2) is 11.4 Å². The first kappa shape index (κ1) is 17.3. The highest BCUT2D eigenvalue weighted by Gasteiger charge is 2.20. The second kappa shape index (κ2) is 6.73. The maximum absolute atomic E-state index is 6.18. The van der Waals surface area contributed by atoms with Crippen LogP contribution >= 0.6 is 0 Å². The van der Waals surface area contributed by atoms with Crippen molar-refractivity contribution in [2.75, 3.05) is 5.73 Å². The largest absolute Gasteiger partial charge is 0.452 e. The molecule has 7 heteroatoms. The molecule has 7 nitrogen and oxygen atoms in total. The lowest BCUT2D eigenvalue weighted by molar-refractivity contribution is 0.329. The Morgan fingerprint density at radius 3 is 2.87 bits per heavy atom. The molecule has 0 bridgehead atoms. The Labute approximate surface area is 172 Å². The first-order valence-corrected chi connectivity index (χ1v) is 10.4. The van der Waals surface area contributed by atoms with Gasteiger partial charge < -0.3 is 15.1 Å². The van der Waals surface area contributed by atoms with Gasteiger partial charge in [0, 0.05) is 52.3 Å². The first-order chi connectivity index (χ1) is 14.8. The first-order valence-electron chi connectivity index (χ1n) is 10.4. The predicted octanol–water partition coefficient (Wildman–Crippen LogP) is 5.32. The van der Waals surface area contributed by atoms with E-state index in [9.17, 15) is 0 Å². The van der Waals surface area contributed by atoms with Gasteiger partial charge in [-0.1, -0.05) is 19.3 Å². The average molecular weight is 398 g/mol. The normalized spacial score (nSPS) is 15.3. The van der Waals surface area contributed by atoms with Gasteiger partial charge in [-0.2, -0.15) is 5.10 Å². The Morgan fingerprint density at radius 2 is 1.97 bits per heavy atom. The molecule has 3 N–H and O–H groups in total. The number of aromatic amines is 1. The summed E-state index contributed by atoms with van der Waals surface area (Å²) in [4.78, 5) is 11.8. The zero-order valence-corrected chi connectivity index (χ0v) is 16.5. The van der Waals surface area contributed by atoms with E-state index in [2.05, 4.69) is 30.9 Å². The summed E-state index contributed by atoms with van der Waals surface area (Å²) >= 11 is 0. The number of nitrogen functional groups attached to an aromatic ring is 1. The Hall–Kier alpha value is -3.61. The minimum atomic E-state index is 0.390. The predicted molar refractivity (Wildman–Crippen MR) is 117 cm³/mol. The fourth-order valence-electron chi connectivity index (χ4n) is 4.60. The van der Waals surface area contributed by atoms with Gasteiger partial charge in [0.25, 0.3) is 0 Å². The van der Waals surface area contributed by atoms with Crippen molar-refractivity contribution in [1.29, 1.82) is 0 Å². The van der Waals surface area contributed by atoms with E-state index in [1.165, 1.54) is 32.1 Å². The molecule has 0 aliphatic heterocycles. The second-order valence-corrected chi connectivity index (χ2v) is 8.04. The number of nitrogens with two attached hydrogens (primary N) is 1. The lowest BCUT2D eigenvalue weighted by Gasteiger charge is -2.21. The maximum Gasteiger partial charge on any atom is 0.177 e. The third-order valence-electron chi connectivity index (χ3n) is 6.20. The molecule has 30 heavy (non-hydrogen) atoms. The molecule has 150 valence electrons. The molecule has 0 radical (unpaired) electrons. The van der Waals surface area contributed by atoms with Crippen LogP contribution in [-0.4, -0.2) is 24.7 Å². The summed E-state index contributed by atoms with van der Waals surface area (Å²) in [5.74, 6) is 1.14. The number of hydrogen-bond acceptors (Lipinski definition) is 5. The minimum Gasteiger partial charge on any atom is -0.452 e. The molecule has 5 aromatic heterocycles. The van der Waals surface area contributed by atoms with Gasteiger partial charge >= 0.3 is 0 Å². The van der Waals surface area contributed by atoms with Crippen molar-refractivity contribution in [2.24, 2.45) is 0 Å². The Balaban J connectivity index is 1.46. The van der Waals surface area contributed by atoms with E-state index in [1.807, 2.05) is 36.9 Å². The van der Waals surface area contributed by atoms with Gasteiger partial charge in [-0.25, -0.2) is 4.98 Å². The van der Waals surface area contributed by atoms with Crippen LogP contribution in [0.15, 0.2) is 53.7 Å². The van der Waals surface area contributed by atoms with E-state index in [1.54, 1.807) is 6.20 Å². The van der Waals surface area contributed by atoms with E-state index in [4.69, 9.17) is 10.2 Å². The van der Waals surface area contributed by atoms with Gasteiger partial charge in [-0.05, 0) is 25.0 Å². The molecule has 0 saturated heterocycles. The van der Waals surface area contributed by atoms with E-state index in [0.717, 1.165) is 38.7 Å². The fourth-order valence-corrected chi connectivity index (χ4v) is 4.60. The van der Waals surface area contributed by atoms with Crippen LogP contribution < -0.4 is 5.73 Å². The van der Waals surface area contributed by atoms with Crippen LogP contribution in [-0.2, 0) is 0 Å². The van der Waals surface area contributed by atoms with Crippen LogP contribution in [0.25, 0.3) is 44.3 Å². The molecule has 1 fully saturated rings. The van der Waals surface area contributed by atoms with Crippen molar-refractivity contribution in [3.8, 4) is 22.5 Å². The highest BCUT2D eigenvalue weighted by Crippen LogP contribution is 2.39. The van der Waals surface area contributed by atoms with Crippen molar-refractivity contribution >= 4 is 27.7 Å². The number of nitrogens with zero attached hydrogens (tertiary/aromatic N) is 4. The molecule has 1 saturated carbocycles. The zero-order chi connectivity index (χ0) is 20.1. The number of rotatable bonds is 3. The van der Waals surface area contributed by atoms with Crippen LogP contribution in [0, 0.1) is 0 Å². The molecular formula is C23H22N6O. The zero-order valence-electron chi connectivity index (χ0n) is 16.5. The molecule has 0 unspecified atom stereocenters. The van der Waals surface area contributed by atoms with Crippen molar-refractivity contribution < 1.29 is 4.42 Å². The number of aromatic nitrogens is 5. The molecule has 5 heterocycles. The van der Waals surface area contributed by atoms with E-state index >= 15 is 0 Å². The number of pyridine rings is 2. The highest BCUT2D eigenvalue weighted by molar-refractivity contribution is 6.02. The van der Waals surface area contributed by atoms with E-state index in [-0.39, 0.29) is 0 Å². The van der Waals surface area contributed by atoms with E-state index in [0.29, 0.717) is 17.4 Å². The fraction of sp³-hybridized carbons (Fsp3) is 0.261. The number of fused-ring (bicyclic) bond motifs is 2. The summed E-state index contributed by atoms with van der Waals surface area (Å²) in [5.41, 5.74) is 10.7. The van der Waals surface area contributed by atoms with Crippen LogP contribution in [0.2, 0.25) is 0 Å². The van der Waals surface area contributed by atoms with Crippen molar-refractivity contribution in [3.63, 3.8) is 0 Å². The number of H-pyrrole nitrogens is 1. The van der Waals surface area contributed by atoms with Crippen LogP contribution in [0.4, 0.5) is 5.82 Å². The van der Waals surface area contributed by atoms with Gasteiger partial charge in [-0.3, -0.25) is 9.67 Å². The molecule has 1 aliphatic carbocycles. The van der Waals surface area contributed by atoms with Gasteiger partial charge in [0.2, 0.25) is 0 Å². The molecule has 0 aromatic carbocycles. The molecule has 0 amide bonds. The molecule has 5 aromatic rings. The number of furan rings is 1. The molecule has 0 atom stereocenters. The lowest BCUT2D eigenvalue weighted by atomic mass is 9.96. The summed E-state index contributed by atoms with van der Waals surface area (Å²) < 4.78 is 8.30. The minimum absolute atomic E-state index is 0.390. The summed E-state index contributed by atoms with van der Waals surface area (Å²) in [6.07, 6.45) is 17.7. The van der Waals surface area contributed by atoms with Gasteiger partial charge in [-0.15, -0.1) is 0 Å². The van der Waals surface area contributed by atoms with Crippen LogP contribution in [0.1, 0.15) is 38.1 Å². The Morgan fingerprint density at radius 1 is 1.07 bits per heavy atom. The molecule has 1 aliphatic rings. The SMILES string of the molecule is Nc1ncc(-c2cnn(C3CCCCC3)c2)c2cc(-c3c[nH]c4cnccc34)oc12. The van der Waals surface area contributed by atoms with E-state index < -0.39 is 0 Å². The number of hydrogen-bond donors (Lipinski definition) is 2. The van der Waals surface area contributed by atoms with Gasteiger partial charge in [0.1, 0.15) is 5.76 Å². The van der Waals surface area contributed by atoms with Crippen molar-refractivity contribution in [1.82, 2.24) is 24.7 Å². The standard InChI is InChI=1S/C23H22N6O/c24-23-22-17(8-21(30-22)19-11-26-20-12-25-7-6-16(19)20)18(10-27-23)14-9-28-29(13-14)15-4-2-1-3-5-15/h6-13,15,26H,1-5H2,(H2,24,27). The van der Waals surface area contributed by atoms with Crippen molar-refractivity contribution in [3.05, 3.63) is 49.3 Å². The molecule has 6 rings (SSSR count). The quantitative estimate of drug-likeness (QED) is 0.428. The third-order valence-corrected chi connectivity index (χ3v) is 6.20. The number of anilines is 1. The molecule has 0 spiro atoms. The summed E-state index contributed by atoms with van der Waals surface area (Å²) in [6.45, 7) is 0. The molecular weight excluding hydrogens is 376 g/mol. The topological polar surface area (TPSA) is 98.5 Å². The van der Waals surface area contributed by atoms with Gasteiger partial charge in [0.05, 0.1) is 24.0 Å². The lowest BCUT2D eigenvalue weighted by Crippen LogP contribution is -2.12. The summed E-state index contributed by atoms with van der Waals surface area (Å²) in [6, 6.07) is 4.51. The monoisotopic (exact) mass is 398 g/mol. The third kappa shape index (κ3) is 2.69. The summed E-state index contributed by atoms with van der Waals surface area (Å²) in [5, 5.41) is 6.66. The average Bonchev–Trinajstić information content (AvgIpc) is 3.52. The Bertz CT molecular complexity index is 1350. The smallest absolute Gasteiger partial charge is 0.177 e. The Kier molecular flexibility index (Phi) is 3.87. The van der Waals surface area contributed by atoms with Crippen LogP contribution in [0.5, 0.6) is 0 Å². The second-order valence-electron chi connectivity index (χ2n) is 8.04. The van der Waals surface area contributed by atoms with Crippen LogP contribution in [0.3, 0.4) is 0 Å².